The van der Waals surface area contributed by atoms with E-state index in [0.29, 0.717) is 11.7 Å². The Morgan fingerprint density at radius 2 is 2.20 bits per heavy atom. The van der Waals surface area contributed by atoms with Gasteiger partial charge in [-0.3, -0.25) is 4.79 Å². The zero-order chi connectivity index (χ0) is 13.7. The summed E-state index contributed by atoms with van der Waals surface area (Å²) in [5.41, 5.74) is 3.79. The lowest BCUT2D eigenvalue weighted by molar-refractivity contribution is 0.0946. The van der Waals surface area contributed by atoms with Crippen molar-refractivity contribution < 1.29 is 4.79 Å². The van der Waals surface area contributed by atoms with Gasteiger partial charge in [0.25, 0.3) is 5.91 Å². The van der Waals surface area contributed by atoms with Gasteiger partial charge < -0.3 is 15.6 Å². The Morgan fingerprint density at radius 1 is 1.35 bits per heavy atom. The summed E-state index contributed by atoms with van der Waals surface area (Å²) < 4.78 is 0. The summed E-state index contributed by atoms with van der Waals surface area (Å²) in [7, 11) is 0. The van der Waals surface area contributed by atoms with E-state index < -0.39 is 0 Å². The summed E-state index contributed by atoms with van der Waals surface area (Å²) in [6, 6.07) is 6.36. The maximum absolute atomic E-state index is 12.4. The number of aromatic amines is 1. The highest BCUT2D eigenvalue weighted by molar-refractivity contribution is 7.80. The molecule has 3 N–H and O–H groups in total. The van der Waals surface area contributed by atoms with Crippen molar-refractivity contribution in [1.29, 1.82) is 0 Å². The van der Waals surface area contributed by atoms with Crippen molar-refractivity contribution in [3.05, 3.63) is 35.0 Å². The first-order valence-electron chi connectivity index (χ1n) is 6.96. The Kier molecular flexibility index (Phi) is 2.57. The summed E-state index contributed by atoms with van der Waals surface area (Å²) in [5.74, 6) is 0.0115. The maximum Gasteiger partial charge on any atom is 0.268 e. The van der Waals surface area contributed by atoms with Crippen LogP contribution in [0.25, 0.3) is 10.9 Å². The lowest BCUT2D eigenvalue weighted by atomic mass is 10.0. The molecule has 4 nitrogen and oxygen atoms in total. The number of benzene rings is 1. The number of amides is 1. The molecule has 1 aromatic carbocycles. The van der Waals surface area contributed by atoms with Gasteiger partial charge in [-0.2, -0.15) is 0 Å². The molecule has 0 spiro atoms. The van der Waals surface area contributed by atoms with Crippen LogP contribution in [-0.2, 0) is 6.42 Å². The van der Waals surface area contributed by atoms with Crippen LogP contribution < -0.4 is 10.6 Å². The van der Waals surface area contributed by atoms with Crippen molar-refractivity contribution in [3.8, 4) is 0 Å². The summed E-state index contributed by atoms with van der Waals surface area (Å²) in [6.45, 7) is 0.768. The van der Waals surface area contributed by atoms with Crippen LogP contribution >= 0.6 is 12.2 Å². The largest absolute Gasteiger partial charge is 0.375 e. The van der Waals surface area contributed by atoms with E-state index in [2.05, 4.69) is 15.6 Å². The van der Waals surface area contributed by atoms with Crippen LogP contribution in [0, 0.1) is 0 Å². The molecule has 0 saturated heterocycles. The number of rotatable bonds is 2. The molecule has 4 rings (SSSR count). The van der Waals surface area contributed by atoms with Crippen LogP contribution in [0.1, 0.15) is 34.5 Å². The minimum Gasteiger partial charge on any atom is -0.375 e. The molecule has 5 heteroatoms. The van der Waals surface area contributed by atoms with Crippen molar-refractivity contribution in [2.45, 2.75) is 25.3 Å². The number of hydrogen-bond acceptors (Lipinski definition) is 2. The van der Waals surface area contributed by atoms with Gasteiger partial charge in [-0.05, 0) is 30.9 Å². The van der Waals surface area contributed by atoms with Gasteiger partial charge in [0.2, 0.25) is 0 Å². The SMILES string of the molecule is O=C(NC1CC1)c1[nH]c2cccc3c2c1CCNC3=S. The Morgan fingerprint density at radius 3 is 3.00 bits per heavy atom. The molecule has 2 aromatic rings. The fraction of sp³-hybridized carbons (Fsp3) is 0.333. The summed E-state index contributed by atoms with van der Waals surface area (Å²) in [6.07, 6.45) is 3.00. The van der Waals surface area contributed by atoms with Crippen LogP contribution in [0.4, 0.5) is 0 Å². The van der Waals surface area contributed by atoms with Gasteiger partial charge >= 0.3 is 0 Å². The summed E-state index contributed by atoms with van der Waals surface area (Å²) >= 11 is 5.41. The van der Waals surface area contributed by atoms with Crippen LogP contribution in [0.3, 0.4) is 0 Å². The molecule has 1 aromatic heterocycles. The lowest BCUT2D eigenvalue weighted by Crippen LogP contribution is -2.27. The number of hydrogen-bond donors (Lipinski definition) is 3. The van der Waals surface area contributed by atoms with E-state index in [-0.39, 0.29) is 5.91 Å². The molecule has 2 aliphatic rings. The normalized spacial score (nSPS) is 17.7. The molecule has 0 radical (unpaired) electrons. The topological polar surface area (TPSA) is 56.9 Å². The number of carbonyl (C=O) groups excluding carboxylic acids is 1. The first kappa shape index (κ1) is 11.9. The second kappa shape index (κ2) is 4.31. The van der Waals surface area contributed by atoms with E-state index in [1.165, 1.54) is 0 Å². The minimum absolute atomic E-state index is 0.0115. The van der Waals surface area contributed by atoms with E-state index in [9.17, 15) is 4.79 Å². The molecule has 1 fully saturated rings. The molecule has 0 atom stereocenters. The summed E-state index contributed by atoms with van der Waals surface area (Å²) in [4.78, 5) is 16.4. The van der Waals surface area contributed by atoms with E-state index in [4.69, 9.17) is 12.2 Å². The lowest BCUT2D eigenvalue weighted by Gasteiger charge is -2.05. The van der Waals surface area contributed by atoms with Crippen LogP contribution in [0.2, 0.25) is 0 Å². The smallest absolute Gasteiger partial charge is 0.268 e. The number of thiocarbonyl (C=S) groups is 1. The van der Waals surface area contributed by atoms with Gasteiger partial charge in [-0.25, -0.2) is 0 Å². The van der Waals surface area contributed by atoms with Crippen molar-refractivity contribution in [3.63, 3.8) is 0 Å². The number of carbonyl (C=O) groups is 1. The third-order valence-electron chi connectivity index (χ3n) is 3.97. The van der Waals surface area contributed by atoms with Crippen molar-refractivity contribution >= 4 is 34.0 Å². The molecular formula is C15H15N3OS. The Hall–Kier alpha value is -1.88. The molecule has 1 amide bonds. The molecule has 20 heavy (non-hydrogen) atoms. The molecular weight excluding hydrogens is 270 g/mol. The third kappa shape index (κ3) is 1.81. The van der Waals surface area contributed by atoms with Crippen molar-refractivity contribution in [2.75, 3.05) is 6.54 Å². The average molecular weight is 285 g/mol. The molecule has 102 valence electrons. The Bertz CT molecular complexity index is 730. The summed E-state index contributed by atoms with van der Waals surface area (Å²) in [5, 5.41) is 7.40. The standard InChI is InChI=1S/C15H15N3OS/c19-14(17-8-4-5-8)13-9-6-7-16-15(20)10-2-1-3-11(18-13)12(9)10/h1-3,8,18H,4-7H2,(H,16,20)(H,17,19). The highest BCUT2D eigenvalue weighted by Crippen LogP contribution is 2.29. The van der Waals surface area contributed by atoms with Gasteiger partial charge in [-0.1, -0.05) is 24.4 Å². The van der Waals surface area contributed by atoms with E-state index in [1.54, 1.807) is 0 Å². The molecule has 1 saturated carbocycles. The van der Waals surface area contributed by atoms with Gasteiger partial charge in [-0.15, -0.1) is 0 Å². The fourth-order valence-electron chi connectivity index (χ4n) is 2.83. The first-order chi connectivity index (χ1) is 9.74. The highest BCUT2D eigenvalue weighted by atomic mass is 32.1. The van der Waals surface area contributed by atoms with E-state index in [1.807, 2.05) is 18.2 Å². The predicted octanol–water partition coefficient (Wildman–Crippen LogP) is 1.88. The molecule has 1 aliphatic heterocycles. The Balaban J connectivity index is 1.89. The van der Waals surface area contributed by atoms with Gasteiger partial charge in [0.1, 0.15) is 10.7 Å². The Labute approximate surface area is 121 Å². The zero-order valence-electron chi connectivity index (χ0n) is 11.0. The average Bonchev–Trinajstić information content (AvgIpc) is 3.19. The zero-order valence-corrected chi connectivity index (χ0v) is 11.8. The first-order valence-corrected chi connectivity index (χ1v) is 7.37. The van der Waals surface area contributed by atoms with Crippen molar-refractivity contribution in [2.24, 2.45) is 0 Å². The van der Waals surface area contributed by atoms with Crippen LogP contribution in [0.5, 0.6) is 0 Å². The number of aromatic nitrogens is 1. The second-order valence-electron chi connectivity index (χ2n) is 5.46. The predicted molar refractivity (Wildman–Crippen MR) is 82.2 cm³/mol. The second-order valence-corrected chi connectivity index (χ2v) is 5.87. The van der Waals surface area contributed by atoms with E-state index in [0.717, 1.165) is 52.8 Å². The van der Waals surface area contributed by atoms with Crippen LogP contribution in [0.15, 0.2) is 18.2 Å². The molecule has 0 unspecified atom stereocenters. The van der Waals surface area contributed by atoms with E-state index >= 15 is 0 Å². The van der Waals surface area contributed by atoms with Crippen molar-refractivity contribution in [1.82, 2.24) is 15.6 Å². The maximum atomic E-state index is 12.4. The van der Waals surface area contributed by atoms with Gasteiger partial charge in [0, 0.05) is 29.1 Å². The molecule has 0 bridgehead atoms. The van der Waals surface area contributed by atoms with Gasteiger partial charge in [0.15, 0.2) is 0 Å². The fourth-order valence-corrected chi connectivity index (χ4v) is 3.10. The van der Waals surface area contributed by atoms with Gasteiger partial charge in [0.05, 0.1) is 0 Å². The number of H-pyrrole nitrogens is 1. The number of nitrogens with one attached hydrogen (secondary N) is 3. The molecule has 2 heterocycles. The van der Waals surface area contributed by atoms with Crippen LogP contribution in [-0.4, -0.2) is 28.5 Å². The minimum atomic E-state index is 0.0115. The third-order valence-corrected chi connectivity index (χ3v) is 4.34. The quantitative estimate of drug-likeness (QED) is 0.739. The monoisotopic (exact) mass is 285 g/mol. The highest BCUT2D eigenvalue weighted by Gasteiger charge is 2.27. The molecule has 1 aliphatic carbocycles.